The van der Waals surface area contributed by atoms with E-state index in [4.69, 9.17) is 5.73 Å². The van der Waals surface area contributed by atoms with Crippen LogP contribution in [0.15, 0.2) is 0 Å². The molecule has 0 aliphatic heterocycles. The molecular weight excluding hydrogens is 176 g/mol. The Bertz CT molecular complexity index is 168. The Morgan fingerprint density at radius 3 is 1.93 bits per heavy atom. The predicted molar refractivity (Wildman–Crippen MR) is 60.0 cm³/mol. The maximum Gasteiger partial charge on any atom is 0.237 e. The maximum absolute atomic E-state index is 11.6. The van der Waals surface area contributed by atoms with Gasteiger partial charge in [-0.25, -0.2) is 0 Å². The van der Waals surface area contributed by atoms with E-state index in [1.165, 1.54) is 0 Å². The Morgan fingerprint density at radius 1 is 1.21 bits per heavy atom. The fourth-order valence-corrected chi connectivity index (χ4v) is 1.55. The van der Waals surface area contributed by atoms with Gasteiger partial charge < -0.3 is 11.1 Å². The summed E-state index contributed by atoms with van der Waals surface area (Å²) < 4.78 is 0. The van der Waals surface area contributed by atoms with Gasteiger partial charge in [0.2, 0.25) is 5.91 Å². The van der Waals surface area contributed by atoms with Gasteiger partial charge >= 0.3 is 0 Å². The Morgan fingerprint density at radius 2 is 1.64 bits per heavy atom. The van der Waals surface area contributed by atoms with Crippen molar-refractivity contribution in [1.29, 1.82) is 0 Å². The van der Waals surface area contributed by atoms with Gasteiger partial charge in [0.05, 0.1) is 6.04 Å². The minimum Gasteiger partial charge on any atom is -0.349 e. The number of rotatable bonds is 6. The molecular formula is C11H24N2O. The van der Waals surface area contributed by atoms with Crippen LogP contribution in [0.1, 0.15) is 53.4 Å². The lowest BCUT2D eigenvalue weighted by molar-refractivity contribution is -0.124. The highest BCUT2D eigenvalue weighted by Crippen LogP contribution is 2.19. The number of nitrogens with one attached hydrogen (secondary N) is 1. The van der Waals surface area contributed by atoms with E-state index in [1.807, 2.05) is 6.92 Å². The van der Waals surface area contributed by atoms with Crippen LogP contribution in [-0.4, -0.2) is 17.5 Å². The lowest BCUT2D eigenvalue weighted by atomic mass is 9.89. The van der Waals surface area contributed by atoms with Gasteiger partial charge in [0.25, 0.3) is 0 Å². The summed E-state index contributed by atoms with van der Waals surface area (Å²) in [4.78, 5) is 11.6. The Labute approximate surface area is 87.4 Å². The minimum atomic E-state index is -0.362. The molecule has 0 aromatic carbocycles. The fourth-order valence-electron chi connectivity index (χ4n) is 1.55. The first kappa shape index (κ1) is 13.4. The van der Waals surface area contributed by atoms with Crippen LogP contribution in [0.4, 0.5) is 0 Å². The normalized spacial score (nSPS) is 13.8. The fraction of sp³-hybridized carbons (Fsp3) is 0.909. The van der Waals surface area contributed by atoms with Crippen molar-refractivity contribution in [2.45, 2.75) is 65.0 Å². The van der Waals surface area contributed by atoms with Crippen molar-refractivity contribution in [1.82, 2.24) is 5.32 Å². The molecule has 1 amide bonds. The lowest BCUT2D eigenvalue weighted by Crippen LogP contribution is -2.52. The molecule has 0 radical (unpaired) electrons. The van der Waals surface area contributed by atoms with Crippen LogP contribution < -0.4 is 11.1 Å². The summed E-state index contributed by atoms with van der Waals surface area (Å²) in [5.41, 5.74) is 5.62. The molecule has 3 heteroatoms. The summed E-state index contributed by atoms with van der Waals surface area (Å²) in [7, 11) is 0. The van der Waals surface area contributed by atoms with Crippen molar-refractivity contribution in [3.63, 3.8) is 0 Å². The largest absolute Gasteiger partial charge is 0.349 e. The second-order valence-electron chi connectivity index (χ2n) is 3.84. The maximum atomic E-state index is 11.6. The van der Waals surface area contributed by atoms with Crippen LogP contribution in [0.5, 0.6) is 0 Å². The third-order valence-electron chi connectivity index (χ3n) is 3.20. The number of carbonyl (C=O) groups is 1. The zero-order chi connectivity index (χ0) is 11.2. The van der Waals surface area contributed by atoms with Crippen LogP contribution in [0.3, 0.4) is 0 Å². The minimum absolute atomic E-state index is 0.0157. The van der Waals surface area contributed by atoms with E-state index in [2.05, 4.69) is 26.1 Å². The third kappa shape index (κ3) is 3.29. The molecule has 0 aliphatic rings. The number of nitrogens with two attached hydrogens (primary N) is 1. The molecule has 0 rings (SSSR count). The highest BCUT2D eigenvalue weighted by molar-refractivity contribution is 5.82. The van der Waals surface area contributed by atoms with Crippen LogP contribution in [0.2, 0.25) is 0 Å². The standard InChI is InChI=1S/C11H24N2O/c1-5-9(12)10(14)13-11(6-2,7-3)8-4/h9H,5-8,12H2,1-4H3,(H,13,14)/t9-/m0/s1. The van der Waals surface area contributed by atoms with Crippen LogP contribution in [0, 0.1) is 0 Å². The highest BCUT2D eigenvalue weighted by Gasteiger charge is 2.27. The monoisotopic (exact) mass is 200 g/mol. The Hall–Kier alpha value is -0.570. The Balaban J connectivity index is 4.37. The molecule has 0 fully saturated rings. The summed E-state index contributed by atoms with van der Waals surface area (Å²) in [5, 5.41) is 3.07. The van der Waals surface area contributed by atoms with E-state index in [0.29, 0.717) is 6.42 Å². The molecule has 3 nitrogen and oxygen atoms in total. The van der Waals surface area contributed by atoms with E-state index >= 15 is 0 Å². The molecule has 3 N–H and O–H groups in total. The van der Waals surface area contributed by atoms with E-state index in [0.717, 1.165) is 19.3 Å². The van der Waals surface area contributed by atoms with Crippen molar-refractivity contribution in [2.75, 3.05) is 0 Å². The van der Waals surface area contributed by atoms with Gasteiger partial charge in [0, 0.05) is 5.54 Å². The molecule has 0 spiro atoms. The summed E-state index contributed by atoms with van der Waals surface area (Å²) in [6.07, 6.45) is 3.57. The Kier molecular flexibility index (Phi) is 5.77. The third-order valence-corrected chi connectivity index (χ3v) is 3.20. The zero-order valence-corrected chi connectivity index (χ0v) is 9.89. The van der Waals surface area contributed by atoms with Crippen molar-refractivity contribution < 1.29 is 4.79 Å². The first-order chi connectivity index (χ1) is 6.55. The first-order valence-corrected chi connectivity index (χ1v) is 5.62. The average molecular weight is 200 g/mol. The van der Waals surface area contributed by atoms with Gasteiger partial charge in [-0.3, -0.25) is 4.79 Å². The van der Waals surface area contributed by atoms with E-state index in [9.17, 15) is 4.79 Å². The van der Waals surface area contributed by atoms with Crippen molar-refractivity contribution in [3.05, 3.63) is 0 Å². The predicted octanol–water partition coefficient (Wildman–Crippen LogP) is 1.81. The van der Waals surface area contributed by atoms with E-state index < -0.39 is 0 Å². The summed E-state index contributed by atoms with van der Waals surface area (Å²) in [6.45, 7) is 8.23. The summed E-state index contributed by atoms with van der Waals surface area (Å²) >= 11 is 0. The quantitative estimate of drug-likeness (QED) is 0.687. The second kappa shape index (κ2) is 6.02. The van der Waals surface area contributed by atoms with Crippen molar-refractivity contribution in [2.24, 2.45) is 5.73 Å². The van der Waals surface area contributed by atoms with E-state index in [1.54, 1.807) is 0 Å². The molecule has 14 heavy (non-hydrogen) atoms. The first-order valence-electron chi connectivity index (χ1n) is 5.62. The van der Waals surface area contributed by atoms with Crippen LogP contribution >= 0.6 is 0 Å². The van der Waals surface area contributed by atoms with Crippen molar-refractivity contribution >= 4 is 5.91 Å². The molecule has 1 atom stereocenters. The molecule has 0 saturated carbocycles. The molecule has 0 aliphatic carbocycles. The smallest absolute Gasteiger partial charge is 0.237 e. The van der Waals surface area contributed by atoms with Crippen LogP contribution in [0.25, 0.3) is 0 Å². The molecule has 0 aromatic rings. The van der Waals surface area contributed by atoms with Gasteiger partial charge in [-0.1, -0.05) is 27.7 Å². The molecule has 0 aromatic heterocycles. The van der Waals surface area contributed by atoms with Gasteiger partial charge in [-0.15, -0.1) is 0 Å². The number of hydrogen-bond donors (Lipinski definition) is 2. The summed E-state index contributed by atoms with van der Waals surface area (Å²) in [5.74, 6) is -0.0157. The summed E-state index contributed by atoms with van der Waals surface area (Å²) in [6, 6.07) is -0.362. The van der Waals surface area contributed by atoms with E-state index in [-0.39, 0.29) is 17.5 Å². The topological polar surface area (TPSA) is 55.1 Å². The lowest BCUT2D eigenvalue weighted by Gasteiger charge is -2.32. The molecule has 0 heterocycles. The van der Waals surface area contributed by atoms with Gasteiger partial charge in [-0.2, -0.15) is 0 Å². The number of amides is 1. The van der Waals surface area contributed by atoms with Crippen molar-refractivity contribution in [3.8, 4) is 0 Å². The van der Waals surface area contributed by atoms with Gasteiger partial charge in [0.1, 0.15) is 0 Å². The molecule has 0 saturated heterocycles. The highest BCUT2D eigenvalue weighted by atomic mass is 16.2. The SMILES string of the molecule is CC[C@H](N)C(=O)NC(CC)(CC)CC. The molecule has 84 valence electrons. The average Bonchev–Trinajstić information content (AvgIpc) is 2.24. The van der Waals surface area contributed by atoms with Gasteiger partial charge in [-0.05, 0) is 25.7 Å². The number of carbonyl (C=O) groups excluding carboxylic acids is 1. The zero-order valence-electron chi connectivity index (χ0n) is 9.89. The number of hydrogen-bond acceptors (Lipinski definition) is 2. The second-order valence-corrected chi connectivity index (χ2v) is 3.84. The van der Waals surface area contributed by atoms with Crippen LogP contribution in [-0.2, 0) is 4.79 Å². The molecule has 0 unspecified atom stereocenters. The van der Waals surface area contributed by atoms with Gasteiger partial charge in [0.15, 0.2) is 0 Å². The molecule has 0 bridgehead atoms.